The molecule has 1 rings (SSSR count). The summed E-state index contributed by atoms with van der Waals surface area (Å²) in [6, 6.07) is 5.08. The fourth-order valence-electron chi connectivity index (χ4n) is 2.37. The van der Waals surface area contributed by atoms with Gasteiger partial charge in [0.1, 0.15) is 0 Å². The number of rotatable bonds is 6. The molecule has 0 spiro atoms. The fourth-order valence-corrected chi connectivity index (χ4v) is 2.37. The number of nitrogens with two attached hydrogens (primary N) is 1. The summed E-state index contributed by atoms with van der Waals surface area (Å²) in [5.41, 5.74) is 7.44. The van der Waals surface area contributed by atoms with Crippen molar-refractivity contribution in [2.75, 3.05) is 6.54 Å². The Bertz CT molecular complexity index is 311. The molecule has 3 nitrogen and oxygen atoms in total. The summed E-state index contributed by atoms with van der Waals surface area (Å²) in [5, 5.41) is 0. The van der Waals surface area contributed by atoms with E-state index in [1.54, 1.807) is 0 Å². The second-order valence-electron chi connectivity index (χ2n) is 4.67. The molecule has 0 saturated heterocycles. The molecule has 0 amide bonds. The van der Waals surface area contributed by atoms with Crippen molar-refractivity contribution >= 4 is 0 Å². The minimum atomic E-state index is 0.117. The van der Waals surface area contributed by atoms with Crippen molar-refractivity contribution in [3.63, 3.8) is 0 Å². The number of likely N-dealkylation sites (N-methyl/N-ethyl adjacent to an activating group) is 1. The lowest BCUT2D eigenvalue weighted by atomic mass is 9.98. The van der Waals surface area contributed by atoms with Crippen molar-refractivity contribution in [1.82, 2.24) is 9.88 Å². The lowest BCUT2D eigenvalue weighted by Crippen LogP contribution is -2.43. The molecule has 17 heavy (non-hydrogen) atoms. The van der Waals surface area contributed by atoms with E-state index in [1.165, 1.54) is 5.56 Å². The molecule has 3 atom stereocenters. The van der Waals surface area contributed by atoms with Crippen molar-refractivity contribution in [3.05, 3.63) is 30.1 Å². The average molecular weight is 235 g/mol. The molecule has 0 aliphatic rings. The Morgan fingerprint density at radius 3 is 2.24 bits per heavy atom. The van der Waals surface area contributed by atoms with Gasteiger partial charge in [0.05, 0.1) is 0 Å². The summed E-state index contributed by atoms with van der Waals surface area (Å²) < 4.78 is 0. The lowest BCUT2D eigenvalue weighted by molar-refractivity contribution is 0.131. The third-order valence-electron chi connectivity index (χ3n) is 3.43. The summed E-state index contributed by atoms with van der Waals surface area (Å²) in [6.07, 6.45) is 4.83. The van der Waals surface area contributed by atoms with Gasteiger partial charge in [-0.15, -0.1) is 0 Å². The highest BCUT2D eigenvalue weighted by molar-refractivity contribution is 5.17. The van der Waals surface area contributed by atoms with E-state index in [-0.39, 0.29) is 12.1 Å². The van der Waals surface area contributed by atoms with E-state index in [4.69, 9.17) is 5.73 Å². The van der Waals surface area contributed by atoms with Crippen LogP contribution in [0.25, 0.3) is 0 Å². The van der Waals surface area contributed by atoms with Crippen molar-refractivity contribution in [3.8, 4) is 0 Å². The number of hydrogen-bond donors (Lipinski definition) is 1. The number of pyridine rings is 1. The van der Waals surface area contributed by atoms with Crippen LogP contribution in [0, 0.1) is 0 Å². The highest BCUT2D eigenvalue weighted by Gasteiger charge is 2.25. The van der Waals surface area contributed by atoms with Gasteiger partial charge in [-0.1, -0.05) is 13.8 Å². The topological polar surface area (TPSA) is 42.2 Å². The second-order valence-corrected chi connectivity index (χ2v) is 4.67. The molecule has 0 aliphatic heterocycles. The molecule has 3 unspecified atom stereocenters. The van der Waals surface area contributed by atoms with E-state index in [9.17, 15) is 0 Å². The van der Waals surface area contributed by atoms with Crippen molar-refractivity contribution in [1.29, 1.82) is 0 Å². The molecule has 96 valence electrons. The van der Waals surface area contributed by atoms with Crippen LogP contribution in [0.5, 0.6) is 0 Å². The van der Waals surface area contributed by atoms with Gasteiger partial charge in [0.2, 0.25) is 0 Å². The van der Waals surface area contributed by atoms with Gasteiger partial charge in [-0.05, 0) is 44.5 Å². The van der Waals surface area contributed by atoms with E-state index in [1.807, 2.05) is 12.4 Å². The Morgan fingerprint density at radius 2 is 1.82 bits per heavy atom. The van der Waals surface area contributed by atoms with E-state index >= 15 is 0 Å². The molecular weight excluding hydrogens is 210 g/mol. The van der Waals surface area contributed by atoms with Crippen LogP contribution >= 0.6 is 0 Å². The normalized spacial score (nSPS) is 16.8. The van der Waals surface area contributed by atoms with Gasteiger partial charge in [-0.2, -0.15) is 0 Å². The molecule has 1 aromatic rings. The zero-order chi connectivity index (χ0) is 12.8. The van der Waals surface area contributed by atoms with Crippen molar-refractivity contribution in [2.45, 2.75) is 52.2 Å². The highest BCUT2D eigenvalue weighted by atomic mass is 15.2. The average Bonchev–Trinajstić information content (AvgIpc) is 2.35. The van der Waals surface area contributed by atoms with Crippen LogP contribution in [0.3, 0.4) is 0 Å². The summed E-state index contributed by atoms with van der Waals surface area (Å²) in [5.74, 6) is 0. The van der Waals surface area contributed by atoms with Gasteiger partial charge in [0.25, 0.3) is 0 Å². The summed E-state index contributed by atoms with van der Waals surface area (Å²) >= 11 is 0. The Balaban J connectivity index is 2.99. The molecule has 1 aromatic heterocycles. The number of nitrogens with zero attached hydrogens (tertiary/aromatic N) is 2. The Morgan fingerprint density at radius 1 is 1.24 bits per heavy atom. The molecule has 0 aliphatic carbocycles. The molecule has 1 heterocycles. The quantitative estimate of drug-likeness (QED) is 0.824. The van der Waals surface area contributed by atoms with E-state index in [0.29, 0.717) is 6.04 Å². The zero-order valence-corrected chi connectivity index (χ0v) is 11.4. The molecule has 0 bridgehead atoms. The summed E-state index contributed by atoms with van der Waals surface area (Å²) in [7, 11) is 0. The molecule has 0 radical (unpaired) electrons. The Labute approximate surface area is 105 Å². The van der Waals surface area contributed by atoms with Crippen molar-refractivity contribution < 1.29 is 0 Å². The van der Waals surface area contributed by atoms with Gasteiger partial charge < -0.3 is 5.73 Å². The van der Waals surface area contributed by atoms with Crippen LogP contribution in [0.15, 0.2) is 24.5 Å². The Hall–Kier alpha value is -0.930. The lowest BCUT2D eigenvalue weighted by Gasteiger charge is -2.37. The van der Waals surface area contributed by atoms with Crippen LogP contribution < -0.4 is 5.73 Å². The van der Waals surface area contributed by atoms with E-state index < -0.39 is 0 Å². The predicted octanol–water partition coefficient (Wildman–Crippen LogP) is 2.59. The maximum Gasteiger partial charge on any atom is 0.0500 e. The zero-order valence-electron chi connectivity index (χ0n) is 11.4. The first-order valence-corrected chi connectivity index (χ1v) is 6.53. The summed E-state index contributed by atoms with van der Waals surface area (Å²) in [6.45, 7) is 9.78. The first kappa shape index (κ1) is 14.1. The van der Waals surface area contributed by atoms with Gasteiger partial charge in [-0.3, -0.25) is 9.88 Å². The van der Waals surface area contributed by atoms with Crippen LogP contribution in [0.4, 0.5) is 0 Å². The third kappa shape index (κ3) is 3.51. The van der Waals surface area contributed by atoms with Crippen LogP contribution in [0.2, 0.25) is 0 Å². The smallest absolute Gasteiger partial charge is 0.0500 e. The maximum atomic E-state index is 6.18. The first-order valence-electron chi connectivity index (χ1n) is 6.53. The third-order valence-corrected chi connectivity index (χ3v) is 3.43. The fraction of sp³-hybridized carbons (Fsp3) is 0.643. The maximum absolute atomic E-state index is 6.18. The largest absolute Gasteiger partial charge is 0.326 e. The standard InChI is InChI=1S/C14H25N3/c1-5-11(3)17(6-2)14(12(4)15)13-7-9-16-10-8-13/h7-12,14H,5-6,15H2,1-4H3. The van der Waals surface area contributed by atoms with Crippen LogP contribution in [0.1, 0.15) is 45.7 Å². The molecular formula is C14H25N3. The van der Waals surface area contributed by atoms with Gasteiger partial charge in [0.15, 0.2) is 0 Å². The minimum absolute atomic E-state index is 0.117. The highest BCUT2D eigenvalue weighted by Crippen LogP contribution is 2.25. The number of hydrogen-bond acceptors (Lipinski definition) is 3. The molecule has 0 fully saturated rings. The monoisotopic (exact) mass is 235 g/mol. The van der Waals surface area contributed by atoms with E-state index in [2.05, 4.69) is 49.7 Å². The minimum Gasteiger partial charge on any atom is -0.326 e. The van der Waals surface area contributed by atoms with Crippen molar-refractivity contribution in [2.24, 2.45) is 5.73 Å². The van der Waals surface area contributed by atoms with Gasteiger partial charge in [-0.25, -0.2) is 0 Å². The SMILES string of the molecule is CCC(C)N(CC)C(c1ccncc1)C(C)N. The first-order chi connectivity index (χ1) is 8.11. The Kier molecular flexibility index (Phi) is 5.59. The molecule has 2 N–H and O–H groups in total. The predicted molar refractivity (Wildman–Crippen MR) is 72.8 cm³/mol. The van der Waals surface area contributed by atoms with Gasteiger partial charge in [0, 0.05) is 30.5 Å². The summed E-state index contributed by atoms with van der Waals surface area (Å²) in [4.78, 5) is 6.55. The molecule has 0 aromatic carbocycles. The van der Waals surface area contributed by atoms with Crippen LogP contribution in [-0.2, 0) is 0 Å². The van der Waals surface area contributed by atoms with E-state index in [0.717, 1.165) is 13.0 Å². The van der Waals surface area contributed by atoms with Gasteiger partial charge >= 0.3 is 0 Å². The molecule has 0 saturated carbocycles. The molecule has 3 heteroatoms. The second kappa shape index (κ2) is 6.72. The van der Waals surface area contributed by atoms with Crippen LogP contribution in [-0.4, -0.2) is 28.5 Å². The number of aromatic nitrogens is 1.